The number of rotatable bonds is 8. The Bertz CT molecular complexity index is 578. The van der Waals surface area contributed by atoms with Gasteiger partial charge in [0.1, 0.15) is 0 Å². The van der Waals surface area contributed by atoms with Crippen LogP contribution in [0.1, 0.15) is 106 Å². The Hall–Kier alpha value is -1.06. The number of carbonyl (C=O) groups is 2. The predicted octanol–water partition coefficient (Wildman–Crippen LogP) is 6.72. The smallest absolute Gasteiger partial charge is 0.309 e. The van der Waals surface area contributed by atoms with Crippen molar-refractivity contribution >= 4 is 11.9 Å². The molecule has 2 saturated carbocycles. The molecule has 30 heavy (non-hydrogen) atoms. The van der Waals surface area contributed by atoms with Crippen LogP contribution in [0.4, 0.5) is 0 Å². The molecule has 0 heterocycles. The lowest BCUT2D eigenvalue weighted by Gasteiger charge is -2.55. The fourth-order valence-corrected chi connectivity index (χ4v) is 6.21. The lowest BCUT2D eigenvalue weighted by atomic mass is 9.50. The van der Waals surface area contributed by atoms with Crippen LogP contribution in [-0.2, 0) is 14.3 Å². The van der Waals surface area contributed by atoms with E-state index < -0.39 is 17.8 Å². The maximum Gasteiger partial charge on any atom is 0.309 e. The van der Waals surface area contributed by atoms with E-state index in [1.807, 2.05) is 0 Å². The van der Waals surface area contributed by atoms with Gasteiger partial charge in [0.05, 0.1) is 18.4 Å². The molecule has 6 unspecified atom stereocenters. The van der Waals surface area contributed by atoms with Crippen LogP contribution in [0.2, 0.25) is 0 Å². The second-order valence-electron chi connectivity index (χ2n) is 11.4. The molecule has 0 spiro atoms. The second kappa shape index (κ2) is 10.5. The summed E-state index contributed by atoms with van der Waals surface area (Å²) >= 11 is 0. The van der Waals surface area contributed by atoms with Crippen LogP contribution in [0.15, 0.2) is 0 Å². The van der Waals surface area contributed by atoms with Gasteiger partial charge in [0, 0.05) is 0 Å². The van der Waals surface area contributed by atoms with Gasteiger partial charge in [-0.25, -0.2) is 0 Å². The van der Waals surface area contributed by atoms with Crippen LogP contribution < -0.4 is 0 Å². The summed E-state index contributed by atoms with van der Waals surface area (Å²) in [5.74, 6) is -0.642. The van der Waals surface area contributed by atoms with Gasteiger partial charge in [0.2, 0.25) is 0 Å². The molecule has 6 atom stereocenters. The molecule has 4 nitrogen and oxygen atoms in total. The van der Waals surface area contributed by atoms with E-state index in [9.17, 15) is 14.7 Å². The molecule has 2 rings (SSSR count). The molecule has 174 valence electrons. The van der Waals surface area contributed by atoms with Crippen LogP contribution in [0, 0.1) is 40.4 Å². The van der Waals surface area contributed by atoms with Crippen molar-refractivity contribution in [2.45, 2.75) is 106 Å². The summed E-state index contributed by atoms with van der Waals surface area (Å²) in [6.07, 6.45) is 10.3. The third kappa shape index (κ3) is 5.59. The van der Waals surface area contributed by atoms with Gasteiger partial charge in [-0.2, -0.15) is 0 Å². The fourth-order valence-electron chi connectivity index (χ4n) is 6.21. The van der Waals surface area contributed by atoms with Gasteiger partial charge < -0.3 is 9.84 Å². The Morgan fingerprint density at radius 3 is 2.27 bits per heavy atom. The Labute approximate surface area is 184 Å². The number of ether oxygens (including phenoxy) is 1. The van der Waals surface area contributed by atoms with E-state index in [2.05, 4.69) is 41.5 Å². The highest BCUT2D eigenvalue weighted by atomic mass is 16.5. The first-order valence-corrected chi connectivity index (χ1v) is 12.4. The van der Waals surface area contributed by atoms with Gasteiger partial charge in [-0.3, -0.25) is 9.59 Å². The Morgan fingerprint density at radius 1 is 1.07 bits per heavy atom. The van der Waals surface area contributed by atoms with Crippen molar-refractivity contribution < 1.29 is 19.4 Å². The number of hydrogen-bond donors (Lipinski definition) is 1. The molecule has 0 aromatic heterocycles. The van der Waals surface area contributed by atoms with Gasteiger partial charge in [-0.15, -0.1) is 0 Å². The first-order valence-electron chi connectivity index (χ1n) is 12.4. The van der Waals surface area contributed by atoms with Crippen molar-refractivity contribution in [3.63, 3.8) is 0 Å². The quantitative estimate of drug-likeness (QED) is 0.348. The average molecular weight is 423 g/mol. The van der Waals surface area contributed by atoms with Crippen LogP contribution in [0.5, 0.6) is 0 Å². The number of unbranched alkanes of at least 4 members (excludes halogenated alkanes) is 2. The maximum atomic E-state index is 12.8. The lowest BCUT2D eigenvalue weighted by Crippen LogP contribution is -2.49. The minimum Gasteiger partial charge on any atom is -0.481 e. The predicted molar refractivity (Wildman–Crippen MR) is 121 cm³/mol. The normalized spacial score (nSPS) is 35.1. The molecular formula is C26H46O4. The van der Waals surface area contributed by atoms with E-state index in [1.54, 1.807) is 0 Å². The minimum absolute atomic E-state index is 0.247. The van der Waals surface area contributed by atoms with Crippen molar-refractivity contribution in [2.24, 2.45) is 40.4 Å². The average Bonchev–Trinajstić information content (AvgIpc) is 2.68. The highest BCUT2D eigenvalue weighted by Crippen LogP contribution is 2.57. The van der Waals surface area contributed by atoms with E-state index in [0.717, 1.165) is 19.3 Å². The number of esters is 1. The van der Waals surface area contributed by atoms with E-state index in [0.29, 0.717) is 42.6 Å². The molecule has 2 aliphatic rings. The van der Waals surface area contributed by atoms with Crippen LogP contribution in [0.3, 0.4) is 0 Å². The first-order chi connectivity index (χ1) is 14.0. The zero-order valence-corrected chi connectivity index (χ0v) is 20.3. The van der Waals surface area contributed by atoms with Crippen LogP contribution in [-0.4, -0.2) is 23.7 Å². The van der Waals surface area contributed by atoms with E-state index in [4.69, 9.17) is 4.74 Å². The molecule has 1 N–H and O–H groups in total. The van der Waals surface area contributed by atoms with E-state index in [1.165, 1.54) is 32.1 Å². The summed E-state index contributed by atoms with van der Waals surface area (Å²) in [5.41, 5.74) is 0.537. The molecule has 2 aliphatic carbocycles. The van der Waals surface area contributed by atoms with E-state index in [-0.39, 0.29) is 11.4 Å². The molecule has 0 aromatic rings. The van der Waals surface area contributed by atoms with E-state index >= 15 is 0 Å². The Morgan fingerprint density at radius 2 is 1.70 bits per heavy atom. The maximum absolute atomic E-state index is 12.8. The summed E-state index contributed by atoms with van der Waals surface area (Å²) in [7, 11) is 0. The molecule has 0 radical (unpaired) electrons. The standard InChI is InChI=1S/C26H46O4/c1-7-8-9-14-22-18(2)19(15-16-26(22,6)25(3,4)5)17-30-24(29)21-13-11-10-12-20(21)23(27)28/h18-22H,7-17H2,1-6H3,(H,27,28). The number of hydrogen-bond acceptors (Lipinski definition) is 3. The zero-order chi connectivity index (χ0) is 22.5. The van der Waals surface area contributed by atoms with Gasteiger partial charge in [0.15, 0.2) is 0 Å². The highest BCUT2D eigenvalue weighted by molar-refractivity contribution is 5.81. The number of carboxylic acids is 1. The highest BCUT2D eigenvalue weighted by Gasteiger charge is 2.50. The molecule has 2 fully saturated rings. The van der Waals surface area contributed by atoms with Gasteiger partial charge in [-0.1, -0.05) is 73.6 Å². The van der Waals surface area contributed by atoms with Gasteiger partial charge in [0.25, 0.3) is 0 Å². The second-order valence-corrected chi connectivity index (χ2v) is 11.4. The SMILES string of the molecule is CCCCCC1C(C)C(COC(=O)C2CCCCC2C(=O)O)CCC1(C)C(C)(C)C. The molecular weight excluding hydrogens is 376 g/mol. The summed E-state index contributed by atoms with van der Waals surface area (Å²) in [6, 6.07) is 0. The molecule has 0 aliphatic heterocycles. The van der Waals surface area contributed by atoms with Crippen molar-refractivity contribution in [2.75, 3.05) is 6.61 Å². The van der Waals surface area contributed by atoms with Gasteiger partial charge in [-0.05, 0) is 60.7 Å². The topological polar surface area (TPSA) is 63.6 Å². The Balaban J connectivity index is 2.04. The van der Waals surface area contributed by atoms with Crippen LogP contribution in [0.25, 0.3) is 0 Å². The molecule has 0 bridgehead atoms. The van der Waals surface area contributed by atoms with Crippen molar-refractivity contribution in [3.8, 4) is 0 Å². The Kier molecular flexibility index (Phi) is 8.82. The lowest BCUT2D eigenvalue weighted by molar-refractivity contribution is -0.162. The summed E-state index contributed by atoms with van der Waals surface area (Å²) in [5, 5.41) is 9.48. The number of aliphatic carboxylic acids is 1. The van der Waals surface area contributed by atoms with Crippen molar-refractivity contribution in [1.82, 2.24) is 0 Å². The van der Waals surface area contributed by atoms with Gasteiger partial charge >= 0.3 is 11.9 Å². The third-order valence-electron chi connectivity index (χ3n) is 8.89. The fraction of sp³-hybridized carbons (Fsp3) is 0.923. The summed E-state index contributed by atoms with van der Waals surface area (Å²) < 4.78 is 5.80. The number of carboxylic acid groups (broad SMARTS) is 1. The summed E-state index contributed by atoms with van der Waals surface area (Å²) in [4.78, 5) is 24.3. The third-order valence-corrected chi connectivity index (χ3v) is 8.89. The number of carbonyl (C=O) groups excluding carboxylic acids is 1. The van der Waals surface area contributed by atoms with Crippen molar-refractivity contribution in [1.29, 1.82) is 0 Å². The molecule has 4 heteroatoms. The summed E-state index contributed by atoms with van der Waals surface area (Å²) in [6.45, 7) is 14.7. The van der Waals surface area contributed by atoms with Crippen LogP contribution >= 0.6 is 0 Å². The monoisotopic (exact) mass is 422 g/mol. The largest absolute Gasteiger partial charge is 0.481 e. The molecule has 0 amide bonds. The first kappa shape index (κ1) is 25.2. The zero-order valence-electron chi connectivity index (χ0n) is 20.3. The molecule has 0 aromatic carbocycles. The minimum atomic E-state index is -0.848. The molecule has 0 saturated heterocycles. The van der Waals surface area contributed by atoms with Crippen molar-refractivity contribution in [3.05, 3.63) is 0 Å².